The minimum absolute atomic E-state index is 0.0610. The Hall–Kier alpha value is -1.51. The minimum atomic E-state index is -0.174. The van der Waals surface area contributed by atoms with Gasteiger partial charge in [0.1, 0.15) is 5.75 Å². The van der Waals surface area contributed by atoms with E-state index in [-0.39, 0.29) is 22.8 Å². The van der Waals surface area contributed by atoms with Gasteiger partial charge >= 0.3 is 0 Å². The molecular formula is C16H23NO2. The molecule has 1 aromatic rings. The fraction of sp³-hybridized carbons (Fsp3) is 0.562. The SMILES string of the molecule is COc1ccc(C2CC(C)(C)C(C)(C)NC2=O)cc1. The molecule has 0 radical (unpaired) electrons. The molecule has 1 aliphatic heterocycles. The average molecular weight is 261 g/mol. The van der Waals surface area contributed by atoms with Gasteiger partial charge in [0.15, 0.2) is 0 Å². The van der Waals surface area contributed by atoms with Crippen molar-refractivity contribution in [3.8, 4) is 5.75 Å². The number of carbonyl (C=O) groups excluding carboxylic acids is 1. The lowest BCUT2D eigenvalue weighted by Crippen LogP contribution is -2.59. The van der Waals surface area contributed by atoms with Crippen molar-refractivity contribution in [2.24, 2.45) is 5.41 Å². The molecule has 3 nitrogen and oxygen atoms in total. The molecule has 0 saturated carbocycles. The van der Waals surface area contributed by atoms with Gasteiger partial charge in [-0.2, -0.15) is 0 Å². The van der Waals surface area contributed by atoms with Crippen molar-refractivity contribution < 1.29 is 9.53 Å². The van der Waals surface area contributed by atoms with E-state index in [9.17, 15) is 4.79 Å². The van der Waals surface area contributed by atoms with Crippen LogP contribution in [0.3, 0.4) is 0 Å². The number of hydrogen-bond acceptors (Lipinski definition) is 2. The first-order valence-electron chi connectivity index (χ1n) is 6.73. The Morgan fingerprint density at radius 2 is 1.74 bits per heavy atom. The Balaban J connectivity index is 2.27. The molecule has 19 heavy (non-hydrogen) atoms. The molecule has 1 amide bonds. The number of amides is 1. The summed E-state index contributed by atoms with van der Waals surface area (Å²) in [4.78, 5) is 12.3. The fourth-order valence-corrected chi connectivity index (χ4v) is 2.53. The van der Waals surface area contributed by atoms with Crippen LogP contribution in [-0.2, 0) is 4.79 Å². The second-order valence-electron chi connectivity index (χ2n) is 6.53. The summed E-state index contributed by atoms with van der Waals surface area (Å²) in [5.41, 5.74) is 0.945. The van der Waals surface area contributed by atoms with Gasteiger partial charge in [0.2, 0.25) is 5.91 Å². The van der Waals surface area contributed by atoms with Crippen LogP contribution in [0.25, 0.3) is 0 Å². The van der Waals surface area contributed by atoms with E-state index in [0.29, 0.717) is 0 Å². The summed E-state index contributed by atoms with van der Waals surface area (Å²) in [6, 6.07) is 7.79. The lowest BCUT2D eigenvalue weighted by atomic mass is 9.65. The molecule has 1 aliphatic rings. The highest BCUT2D eigenvalue weighted by Gasteiger charge is 2.46. The van der Waals surface area contributed by atoms with Crippen LogP contribution in [0, 0.1) is 5.41 Å². The number of methoxy groups -OCH3 is 1. The lowest BCUT2D eigenvalue weighted by Gasteiger charge is -2.48. The molecule has 1 fully saturated rings. The number of nitrogens with one attached hydrogen (secondary N) is 1. The summed E-state index contributed by atoms with van der Waals surface area (Å²) >= 11 is 0. The predicted octanol–water partition coefficient (Wildman–Crippen LogP) is 3.10. The minimum Gasteiger partial charge on any atom is -0.497 e. The zero-order chi connectivity index (χ0) is 14.3. The third-order valence-electron chi connectivity index (χ3n) is 4.68. The maximum absolute atomic E-state index is 12.3. The van der Waals surface area contributed by atoms with Crippen molar-refractivity contribution in [2.45, 2.75) is 45.6 Å². The van der Waals surface area contributed by atoms with E-state index in [1.165, 1.54) is 0 Å². The zero-order valence-electron chi connectivity index (χ0n) is 12.4. The van der Waals surface area contributed by atoms with Gasteiger partial charge in [-0.25, -0.2) is 0 Å². The van der Waals surface area contributed by atoms with Crippen LogP contribution in [0.2, 0.25) is 0 Å². The van der Waals surface area contributed by atoms with Crippen molar-refractivity contribution in [1.29, 1.82) is 0 Å². The van der Waals surface area contributed by atoms with E-state index in [1.54, 1.807) is 7.11 Å². The van der Waals surface area contributed by atoms with Gasteiger partial charge in [-0.15, -0.1) is 0 Å². The molecule has 1 N–H and O–H groups in total. The molecule has 104 valence electrons. The van der Waals surface area contributed by atoms with E-state index in [4.69, 9.17) is 4.74 Å². The van der Waals surface area contributed by atoms with Crippen LogP contribution >= 0.6 is 0 Å². The molecule has 1 atom stereocenters. The molecule has 1 aromatic carbocycles. The maximum Gasteiger partial charge on any atom is 0.227 e. The van der Waals surface area contributed by atoms with Gasteiger partial charge in [-0.1, -0.05) is 26.0 Å². The molecule has 1 heterocycles. The van der Waals surface area contributed by atoms with Gasteiger partial charge in [-0.3, -0.25) is 4.79 Å². The Morgan fingerprint density at radius 3 is 2.26 bits per heavy atom. The molecule has 1 saturated heterocycles. The molecule has 3 heteroatoms. The molecule has 0 aliphatic carbocycles. The van der Waals surface area contributed by atoms with Gasteiger partial charge in [-0.05, 0) is 43.4 Å². The summed E-state index contributed by atoms with van der Waals surface area (Å²) in [6.07, 6.45) is 0.859. The van der Waals surface area contributed by atoms with Gasteiger partial charge in [0.05, 0.1) is 13.0 Å². The van der Waals surface area contributed by atoms with E-state index in [0.717, 1.165) is 17.7 Å². The Labute approximate surface area is 115 Å². The van der Waals surface area contributed by atoms with Crippen molar-refractivity contribution >= 4 is 5.91 Å². The highest BCUT2D eigenvalue weighted by atomic mass is 16.5. The van der Waals surface area contributed by atoms with Crippen molar-refractivity contribution in [3.63, 3.8) is 0 Å². The van der Waals surface area contributed by atoms with Crippen LogP contribution in [0.4, 0.5) is 0 Å². The second-order valence-corrected chi connectivity index (χ2v) is 6.53. The largest absolute Gasteiger partial charge is 0.497 e. The van der Waals surface area contributed by atoms with Crippen LogP contribution < -0.4 is 10.1 Å². The summed E-state index contributed by atoms with van der Waals surface area (Å²) < 4.78 is 5.16. The van der Waals surface area contributed by atoms with Gasteiger partial charge < -0.3 is 10.1 Å². The molecule has 1 unspecified atom stereocenters. The Bertz CT molecular complexity index is 474. The Morgan fingerprint density at radius 1 is 1.16 bits per heavy atom. The topological polar surface area (TPSA) is 38.3 Å². The smallest absolute Gasteiger partial charge is 0.227 e. The highest BCUT2D eigenvalue weighted by Crippen LogP contribution is 2.44. The van der Waals surface area contributed by atoms with Gasteiger partial charge in [0.25, 0.3) is 0 Å². The molecule has 0 bridgehead atoms. The van der Waals surface area contributed by atoms with E-state index < -0.39 is 0 Å². The first-order valence-corrected chi connectivity index (χ1v) is 6.73. The van der Waals surface area contributed by atoms with Gasteiger partial charge in [0, 0.05) is 5.54 Å². The van der Waals surface area contributed by atoms with E-state index in [1.807, 2.05) is 24.3 Å². The quantitative estimate of drug-likeness (QED) is 0.888. The first kappa shape index (κ1) is 13.9. The van der Waals surface area contributed by atoms with Crippen LogP contribution in [-0.4, -0.2) is 18.6 Å². The zero-order valence-corrected chi connectivity index (χ0v) is 12.4. The van der Waals surface area contributed by atoms with Crippen LogP contribution in [0.1, 0.15) is 45.6 Å². The monoisotopic (exact) mass is 261 g/mol. The summed E-state index contributed by atoms with van der Waals surface area (Å²) in [6.45, 7) is 8.61. The number of hydrogen-bond donors (Lipinski definition) is 1. The molecular weight excluding hydrogens is 238 g/mol. The normalized spacial score (nSPS) is 24.7. The average Bonchev–Trinajstić information content (AvgIpc) is 2.34. The molecule has 0 aromatic heterocycles. The lowest BCUT2D eigenvalue weighted by molar-refractivity contribution is -0.130. The molecule has 2 rings (SSSR count). The predicted molar refractivity (Wildman–Crippen MR) is 76.4 cm³/mol. The van der Waals surface area contributed by atoms with E-state index in [2.05, 4.69) is 33.0 Å². The summed E-state index contributed by atoms with van der Waals surface area (Å²) in [5.74, 6) is 0.864. The molecule has 0 spiro atoms. The maximum atomic E-state index is 12.3. The van der Waals surface area contributed by atoms with E-state index >= 15 is 0 Å². The fourth-order valence-electron chi connectivity index (χ4n) is 2.53. The number of benzene rings is 1. The van der Waals surface area contributed by atoms with Crippen molar-refractivity contribution in [3.05, 3.63) is 29.8 Å². The van der Waals surface area contributed by atoms with Crippen LogP contribution in [0.5, 0.6) is 5.75 Å². The number of piperidine rings is 1. The van der Waals surface area contributed by atoms with Crippen molar-refractivity contribution in [2.75, 3.05) is 7.11 Å². The highest BCUT2D eigenvalue weighted by molar-refractivity contribution is 5.85. The number of rotatable bonds is 2. The first-order chi connectivity index (χ1) is 8.77. The number of ether oxygens (including phenoxy) is 1. The van der Waals surface area contributed by atoms with Crippen LogP contribution in [0.15, 0.2) is 24.3 Å². The number of carbonyl (C=O) groups is 1. The second kappa shape index (κ2) is 4.55. The summed E-state index contributed by atoms with van der Waals surface area (Å²) in [7, 11) is 1.65. The standard InChI is InChI=1S/C16H23NO2/c1-15(2)10-13(14(18)17-16(15,3)4)11-6-8-12(19-5)9-7-11/h6-9,13H,10H2,1-5H3,(H,17,18). The van der Waals surface area contributed by atoms with Crippen molar-refractivity contribution in [1.82, 2.24) is 5.32 Å². The Kier molecular flexibility index (Phi) is 3.33. The third kappa shape index (κ3) is 2.46. The summed E-state index contributed by atoms with van der Waals surface area (Å²) in [5, 5.41) is 3.15. The third-order valence-corrected chi connectivity index (χ3v) is 4.68.